The van der Waals surface area contributed by atoms with Crippen molar-refractivity contribution in [1.82, 2.24) is 4.90 Å². The van der Waals surface area contributed by atoms with E-state index in [2.05, 4.69) is 11.0 Å². The van der Waals surface area contributed by atoms with E-state index in [0.717, 1.165) is 31.2 Å². The Morgan fingerprint density at radius 3 is 3.07 bits per heavy atom. The lowest BCUT2D eigenvalue weighted by molar-refractivity contribution is 0.229. The van der Waals surface area contributed by atoms with Crippen LogP contribution in [-0.4, -0.2) is 24.0 Å². The molecule has 3 nitrogen and oxygen atoms in total. The Bertz CT molecular complexity index is 295. The molecule has 1 atom stereocenters. The maximum atomic E-state index is 5.71. The monoisotopic (exact) mass is 194 g/mol. The van der Waals surface area contributed by atoms with Crippen molar-refractivity contribution in [3.63, 3.8) is 0 Å². The number of furan rings is 1. The van der Waals surface area contributed by atoms with E-state index in [1.54, 1.807) is 0 Å². The summed E-state index contributed by atoms with van der Waals surface area (Å²) < 4.78 is 5.56. The minimum Gasteiger partial charge on any atom is -0.465 e. The van der Waals surface area contributed by atoms with Crippen molar-refractivity contribution in [3.8, 4) is 0 Å². The van der Waals surface area contributed by atoms with E-state index in [9.17, 15) is 0 Å². The molecule has 0 aromatic carbocycles. The van der Waals surface area contributed by atoms with Crippen molar-refractivity contribution in [1.29, 1.82) is 0 Å². The molecule has 0 spiro atoms. The molecular formula is C11H18N2O. The summed E-state index contributed by atoms with van der Waals surface area (Å²) in [6.07, 6.45) is 2.50. The second-order valence-electron chi connectivity index (χ2n) is 4.01. The summed E-state index contributed by atoms with van der Waals surface area (Å²) in [6.45, 7) is 4.81. The Kier molecular flexibility index (Phi) is 2.89. The Labute approximate surface area is 84.9 Å². The molecule has 1 aromatic heterocycles. The molecule has 1 aliphatic heterocycles. The molecule has 78 valence electrons. The lowest BCUT2D eigenvalue weighted by Gasteiger charge is -2.21. The van der Waals surface area contributed by atoms with Gasteiger partial charge in [-0.1, -0.05) is 0 Å². The molecule has 0 saturated carbocycles. The van der Waals surface area contributed by atoms with Crippen LogP contribution in [0.1, 0.15) is 24.4 Å². The second-order valence-corrected chi connectivity index (χ2v) is 4.01. The standard InChI is InChI=1S/C11H18N2O/c1-9-4-5-11(14-9)8-13-6-2-3-10(13)7-12/h4-5,10H,2-3,6-8,12H2,1H3. The predicted octanol–water partition coefficient (Wildman–Crippen LogP) is 1.51. The van der Waals surface area contributed by atoms with E-state index in [4.69, 9.17) is 10.2 Å². The number of nitrogens with zero attached hydrogens (tertiary/aromatic N) is 1. The zero-order valence-electron chi connectivity index (χ0n) is 8.70. The quantitative estimate of drug-likeness (QED) is 0.793. The van der Waals surface area contributed by atoms with Gasteiger partial charge in [0.1, 0.15) is 11.5 Å². The highest BCUT2D eigenvalue weighted by Crippen LogP contribution is 2.19. The van der Waals surface area contributed by atoms with Gasteiger partial charge in [-0.2, -0.15) is 0 Å². The smallest absolute Gasteiger partial charge is 0.118 e. The third-order valence-electron chi connectivity index (χ3n) is 2.93. The molecule has 2 N–H and O–H groups in total. The molecule has 2 heterocycles. The van der Waals surface area contributed by atoms with E-state index in [0.29, 0.717) is 6.04 Å². The SMILES string of the molecule is Cc1ccc(CN2CCCC2CN)o1. The molecule has 0 bridgehead atoms. The molecule has 0 radical (unpaired) electrons. The molecule has 0 aliphatic carbocycles. The fourth-order valence-corrected chi connectivity index (χ4v) is 2.14. The molecule has 1 fully saturated rings. The van der Waals surface area contributed by atoms with Crippen LogP contribution in [0.15, 0.2) is 16.5 Å². The van der Waals surface area contributed by atoms with Gasteiger partial charge in [0.15, 0.2) is 0 Å². The van der Waals surface area contributed by atoms with Gasteiger partial charge in [0.05, 0.1) is 6.54 Å². The van der Waals surface area contributed by atoms with E-state index in [-0.39, 0.29) is 0 Å². The number of rotatable bonds is 3. The van der Waals surface area contributed by atoms with E-state index in [1.165, 1.54) is 12.8 Å². The number of nitrogens with two attached hydrogens (primary N) is 1. The van der Waals surface area contributed by atoms with Crippen LogP contribution >= 0.6 is 0 Å². The highest BCUT2D eigenvalue weighted by atomic mass is 16.3. The van der Waals surface area contributed by atoms with Crippen molar-refractivity contribution in [2.24, 2.45) is 5.73 Å². The van der Waals surface area contributed by atoms with Crippen LogP contribution in [0.4, 0.5) is 0 Å². The predicted molar refractivity (Wildman–Crippen MR) is 55.9 cm³/mol. The summed E-state index contributed by atoms with van der Waals surface area (Å²) in [5, 5.41) is 0. The Morgan fingerprint density at radius 1 is 1.57 bits per heavy atom. The largest absolute Gasteiger partial charge is 0.465 e. The average Bonchev–Trinajstić information content (AvgIpc) is 2.76. The minimum atomic E-state index is 0.556. The molecule has 2 rings (SSSR count). The van der Waals surface area contributed by atoms with E-state index in [1.807, 2.05) is 13.0 Å². The lowest BCUT2D eigenvalue weighted by Crippen LogP contribution is -2.34. The minimum absolute atomic E-state index is 0.556. The van der Waals surface area contributed by atoms with Crippen LogP contribution in [0.25, 0.3) is 0 Å². The van der Waals surface area contributed by atoms with Gasteiger partial charge >= 0.3 is 0 Å². The first kappa shape index (κ1) is 9.74. The molecule has 1 aliphatic rings. The van der Waals surface area contributed by atoms with E-state index >= 15 is 0 Å². The maximum Gasteiger partial charge on any atom is 0.118 e. The van der Waals surface area contributed by atoms with Gasteiger partial charge in [0, 0.05) is 12.6 Å². The summed E-state index contributed by atoms with van der Waals surface area (Å²) in [7, 11) is 0. The second kappa shape index (κ2) is 4.15. The van der Waals surface area contributed by atoms with Crippen LogP contribution < -0.4 is 5.73 Å². The lowest BCUT2D eigenvalue weighted by atomic mass is 10.2. The van der Waals surface area contributed by atoms with Gasteiger partial charge in [-0.3, -0.25) is 4.90 Å². The van der Waals surface area contributed by atoms with Crippen molar-refractivity contribution in [3.05, 3.63) is 23.7 Å². The van der Waals surface area contributed by atoms with Gasteiger partial charge in [-0.05, 0) is 38.4 Å². The molecule has 1 unspecified atom stereocenters. The third kappa shape index (κ3) is 1.99. The highest BCUT2D eigenvalue weighted by Gasteiger charge is 2.23. The summed E-state index contributed by atoms with van der Waals surface area (Å²) in [5.41, 5.74) is 5.71. The van der Waals surface area contributed by atoms with Gasteiger partial charge < -0.3 is 10.2 Å². The summed E-state index contributed by atoms with van der Waals surface area (Å²) >= 11 is 0. The van der Waals surface area contributed by atoms with E-state index < -0.39 is 0 Å². The van der Waals surface area contributed by atoms with Crippen LogP contribution in [0.3, 0.4) is 0 Å². The fourth-order valence-electron chi connectivity index (χ4n) is 2.14. The zero-order chi connectivity index (χ0) is 9.97. The highest BCUT2D eigenvalue weighted by molar-refractivity contribution is 5.06. The number of likely N-dealkylation sites (tertiary alicyclic amines) is 1. The normalized spacial score (nSPS) is 23.1. The summed E-state index contributed by atoms with van der Waals surface area (Å²) in [4.78, 5) is 2.41. The number of hydrogen-bond acceptors (Lipinski definition) is 3. The van der Waals surface area contributed by atoms with Crippen LogP contribution in [-0.2, 0) is 6.54 Å². The zero-order valence-corrected chi connectivity index (χ0v) is 8.70. The summed E-state index contributed by atoms with van der Waals surface area (Å²) in [5.74, 6) is 2.05. The first-order valence-corrected chi connectivity index (χ1v) is 5.29. The first-order chi connectivity index (χ1) is 6.79. The average molecular weight is 194 g/mol. The Morgan fingerprint density at radius 2 is 2.43 bits per heavy atom. The van der Waals surface area contributed by atoms with Crippen molar-refractivity contribution in [2.75, 3.05) is 13.1 Å². The summed E-state index contributed by atoms with van der Waals surface area (Å²) in [6, 6.07) is 4.63. The first-order valence-electron chi connectivity index (χ1n) is 5.29. The van der Waals surface area contributed by atoms with Crippen LogP contribution in [0.5, 0.6) is 0 Å². The molecule has 1 saturated heterocycles. The van der Waals surface area contributed by atoms with Gasteiger partial charge in [0.25, 0.3) is 0 Å². The Balaban J connectivity index is 1.96. The number of hydrogen-bond donors (Lipinski definition) is 1. The van der Waals surface area contributed by atoms with Crippen LogP contribution in [0.2, 0.25) is 0 Å². The molecule has 14 heavy (non-hydrogen) atoms. The van der Waals surface area contributed by atoms with Gasteiger partial charge in [0.2, 0.25) is 0 Å². The van der Waals surface area contributed by atoms with Crippen LogP contribution in [0, 0.1) is 6.92 Å². The molecule has 3 heteroatoms. The molecule has 0 amide bonds. The molecular weight excluding hydrogens is 176 g/mol. The fraction of sp³-hybridized carbons (Fsp3) is 0.636. The van der Waals surface area contributed by atoms with Crippen molar-refractivity contribution in [2.45, 2.75) is 32.4 Å². The molecule has 1 aromatic rings. The van der Waals surface area contributed by atoms with Gasteiger partial charge in [-0.15, -0.1) is 0 Å². The topological polar surface area (TPSA) is 42.4 Å². The van der Waals surface area contributed by atoms with Gasteiger partial charge in [-0.25, -0.2) is 0 Å². The number of aryl methyl sites for hydroxylation is 1. The van der Waals surface area contributed by atoms with Crippen molar-refractivity contribution >= 4 is 0 Å². The maximum absolute atomic E-state index is 5.71. The third-order valence-corrected chi connectivity index (χ3v) is 2.93. The Hall–Kier alpha value is -0.800. The van der Waals surface area contributed by atoms with Crippen molar-refractivity contribution < 1.29 is 4.42 Å².